The lowest BCUT2D eigenvalue weighted by atomic mass is 10.1. The summed E-state index contributed by atoms with van der Waals surface area (Å²) in [6, 6.07) is 3.80. The smallest absolute Gasteiger partial charge is 0.297 e. The molecule has 0 unspecified atom stereocenters. The minimum absolute atomic E-state index is 0.0228. The van der Waals surface area contributed by atoms with E-state index in [9.17, 15) is 14.7 Å². The van der Waals surface area contributed by atoms with Crippen LogP contribution in [0.4, 0.5) is 11.6 Å². The van der Waals surface area contributed by atoms with E-state index in [1.807, 2.05) is 17.0 Å². The first-order valence-electron chi connectivity index (χ1n) is 8.73. The highest BCUT2D eigenvalue weighted by atomic mass is 16.5. The minimum atomic E-state index is -0.725. The first kappa shape index (κ1) is 17.7. The van der Waals surface area contributed by atoms with Crippen molar-refractivity contribution >= 4 is 17.5 Å². The molecule has 10 heteroatoms. The van der Waals surface area contributed by atoms with Crippen molar-refractivity contribution in [2.45, 2.75) is 18.9 Å². The van der Waals surface area contributed by atoms with Gasteiger partial charge in [0.25, 0.3) is 11.5 Å². The minimum Gasteiger partial charge on any atom is -0.501 e. The SMILES string of the molecule is Cn1c(N2CCC[C@@H]2c2cccnc2)nc(C(=O)Nc2cnoc2)c(O)c1=O. The monoisotopic (exact) mass is 382 g/mol. The Hall–Kier alpha value is -3.69. The quantitative estimate of drug-likeness (QED) is 0.694. The van der Waals surface area contributed by atoms with Crippen molar-refractivity contribution < 1.29 is 14.4 Å². The molecule has 0 aromatic carbocycles. The predicted octanol–water partition coefficient (Wildman–Crippen LogP) is 1.46. The summed E-state index contributed by atoms with van der Waals surface area (Å²) < 4.78 is 5.91. The van der Waals surface area contributed by atoms with E-state index in [-0.39, 0.29) is 11.7 Å². The average Bonchev–Trinajstić information content (AvgIpc) is 3.39. The Morgan fingerprint density at radius 2 is 2.25 bits per heavy atom. The van der Waals surface area contributed by atoms with Crippen molar-refractivity contribution in [3.8, 4) is 5.75 Å². The first-order chi connectivity index (χ1) is 13.6. The molecule has 3 aromatic rings. The van der Waals surface area contributed by atoms with Gasteiger partial charge in [-0.2, -0.15) is 0 Å². The molecule has 2 N–H and O–H groups in total. The second-order valence-electron chi connectivity index (χ2n) is 6.48. The molecule has 1 fully saturated rings. The molecule has 4 rings (SSSR count). The van der Waals surface area contributed by atoms with Crippen LogP contribution in [0.15, 0.2) is 46.3 Å². The van der Waals surface area contributed by atoms with Gasteiger partial charge in [0.15, 0.2) is 5.69 Å². The van der Waals surface area contributed by atoms with Crippen molar-refractivity contribution in [1.82, 2.24) is 19.7 Å². The van der Waals surface area contributed by atoms with Crippen molar-refractivity contribution in [3.05, 3.63) is 58.6 Å². The number of amides is 1. The first-order valence-corrected chi connectivity index (χ1v) is 8.73. The lowest BCUT2D eigenvalue weighted by Crippen LogP contribution is -2.33. The van der Waals surface area contributed by atoms with E-state index in [2.05, 4.69) is 25.0 Å². The number of anilines is 2. The van der Waals surface area contributed by atoms with Crippen molar-refractivity contribution in [1.29, 1.82) is 0 Å². The van der Waals surface area contributed by atoms with Gasteiger partial charge in [-0.05, 0) is 24.5 Å². The van der Waals surface area contributed by atoms with E-state index in [0.29, 0.717) is 18.2 Å². The van der Waals surface area contributed by atoms with Crippen LogP contribution in [0.3, 0.4) is 0 Å². The summed E-state index contributed by atoms with van der Waals surface area (Å²) in [5.41, 5.74) is 0.245. The van der Waals surface area contributed by atoms with E-state index in [4.69, 9.17) is 0 Å². The molecular formula is C18H18N6O4. The van der Waals surface area contributed by atoms with Crippen molar-refractivity contribution in [2.24, 2.45) is 7.05 Å². The summed E-state index contributed by atoms with van der Waals surface area (Å²) in [5, 5.41) is 16.2. The third-order valence-electron chi connectivity index (χ3n) is 4.73. The molecular weight excluding hydrogens is 364 g/mol. The van der Waals surface area contributed by atoms with E-state index >= 15 is 0 Å². The molecule has 0 bridgehead atoms. The Balaban J connectivity index is 1.74. The van der Waals surface area contributed by atoms with Crippen LogP contribution in [0.25, 0.3) is 0 Å². The Morgan fingerprint density at radius 3 is 2.96 bits per heavy atom. The molecule has 0 saturated carbocycles. The standard InChI is InChI=1S/C18H18N6O4/c1-23-17(27)15(25)14(16(26)21-12-9-20-28-10-12)22-18(23)24-7-3-5-13(24)11-4-2-6-19-8-11/h2,4,6,8-10,13,25H,3,5,7H2,1H3,(H,21,26)/t13-/m1/s1. The van der Waals surface area contributed by atoms with Gasteiger partial charge >= 0.3 is 0 Å². The number of rotatable bonds is 4. The predicted molar refractivity (Wildman–Crippen MR) is 99.2 cm³/mol. The van der Waals surface area contributed by atoms with Crippen LogP contribution in [0.5, 0.6) is 5.75 Å². The second-order valence-corrected chi connectivity index (χ2v) is 6.48. The number of aromatic hydroxyl groups is 1. The van der Waals surface area contributed by atoms with Gasteiger partial charge in [0.1, 0.15) is 12.0 Å². The van der Waals surface area contributed by atoms with Gasteiger partial charge < -0.3 is 19.8 Å². The van der Waals surface area contributed by atoms with E-state index in [1.54, 1.807) is 12.4 Å². The number of aromatic nitrogens is 4. The Bertz CT molecular complexity index is 1050. The highest BCUT2D eigenvalue weighted by molar-refractivity contribution is 6.04. The highest BCUT2D eigenvalue weighted by Gasteiger charge is 2.31. The maximum Gasteiger partial charge on any atom is 0.297 e. The fourth-order valence-electron chi connectivity index (χ4n) is 3.38. The van der Waals surface area contributed by atoms with Gasteiger partial charge in [0, 0.05) is 26.0 Å². The number of nitrogens with one attached hydrogen (secondary N) is 1. The molecule has 28 heavy (non-hydrogen) atoms. The highest BCUT2D eigenvalue weighted by Crippen LogP contribution is 2.34. The van der Waals surface area contributed by atoms with Gasteiger partial charge in [-0.15, -0.1) is 0 Å². The van der Waals surface area contributed by atoms with Crippen LogP contribution >= 0.6 is 0 Å². The van der Waals surface area contributed by atoms with Crippen molar-refractivity contribution in [3.63, 3.8) is 0 Å². The fraction of sp³-hybridized carbons (Fsp3) is 0.278. The number of carbonyl (C=O) groups excluding carboxylic acids is 1. The van der Waals surface area contributed by atoms with Crippen LogP contribution in [0, 0.1) is 0 Å². The van der Waals surface area contributed by atoms with Crippen LogP contribution in [0.2, 0.25) is 0 Å². The molecule has 1 amide bonds. The summed E-state index contributed by atoms with van der Waals surface area (Å²) in [6.45, 7) is 0.664. The lowest BCUT2D eigenvalue weighted by molar-refractivity contribution is 0.101. The van der Waals surface area contributed by atoms with Crippen LogP contribution in [0.1, 0.15) is 34.9 Å². The summed E-state index contributed by atoms with van der Waals surface area (Å²) in [5.74, 6) is -1.13. The molecule has 10 nitrogen and oxygen atoms in total. The normalized spacial score (nSPS) is 16.3. The lowest BCUT2D eigenvalue weighted by Gasteiger charge is -2.27. The fourth-order valence-corrected chi connectivity index (χ4v) is 3.38. The van der Waals surface area contributed by atoms with Crippen LogP contribution < -0.4 is 15.8 Å². The zero-order valence-electron chi connectivity index (χ0n) is 15.1. The van der Waals surface area contributed by atoms with E-state index in [1.165, 1.54) is 24.1 Å². The zero-order valence-corrected chi connectivity index (χ0v) is 15.1. The molecule has 0 spiro atoms. The number of nitrogens with zero attached hydrogens (tertiary/aromatic N) is 5. The molecule has 144 valence electrons. The van der Waals surface area contributed by atoms with Gasteiger partial charge in [0.2, 0.25) is 11.7 Å². The summed E-state index contributed by atoms with van der Waals surface area (Å²) >= 11 is 0. The molecule has 1 saturated heterocycles. The van der Waals surface area contributed by atoms with E-state index in [0.717, 1.165) is 18.4 Å². The summed E-state index contributed by atoms with van der Waals surface area (Å²) in [6.07, 6.45) is 7.78. The molecule has 0 radical (unpaired) electrons. The molecule has 3 aromatic heterocycles. The van der Waals surface area contributed by atoms with Gasteiger partial charge in [-0.3, -0.25) is 19.1 Å². The van der Waals surface area contributed by atoms with Crippen molar-refractivity contribution in [2.75, 3.05) is 16.8 Å². The number of pyridine rings is 1. The number of hydrogen-bond donors (Lipinski definition) is 2. The van der Waals surface area contributed by atoms with Gasteiger partial charge in [-0.1, -0.05) is 11.2 Å². The molecule has 4 heterocycles. The molecule has 1 atom stereocenters. The Labute approximate surface area is 159 Å². The van der Waals surface area contributed by atoms with Gasteiger partial charge in [-0.25, -0.2) is 4.98 Å². The van der Waals surface area contributed by atoms with Crippen LogP contribution in [-0.2, 0) is 7.05 Å². The maximum atomic E-state index is 12.5. The zero-order chi connectivity index (χ0) is 19.7. The third kappa shape index (κ3) is 3.08. The second kappa shape index (κ2) is 7.14. The van der Waals surface area contributed by atoms with Crippen LogP contribution in [-0.4, -0.2) is 37.3 Å². The Kier molecular flexibility index (Phi) is 4.52. The number of carbonyl (C=O) groups is 1. The molecule has 1 aliphatic rings. The maximum absolute atomic E-state index is 12.5. The average molecular weight is 382 g/mol. The molecule has 1 aliphatic heterocycles. The summed E-state index contributed by atoms with van der Waals surface area (Å²) in [7, 11) is 1.52. The molecule has 0 aliphatic carbocycles. The number of hydrogen-bond acceptors (Lipinski definition) is 8. The largest absolute Gasteiger partial charge is 0.501 e. The Morgan fingerprint density at radius 1 is 1.39 bits per heavy atom. The topological polar surface area (TPSA) is 126 Å². The van der Waals surface area contributed by atoms with E-state index < -0.39 is 17.2 Å². The summed E-state index contributed by atoms with van der Waals surface area (Å²) in [4.78, 5) is 35.5. The van der Waals surface area contributed by atoms with Gasteiger partial charge in [0.05, 0.1) is 12.2 Å². The third-order valence-corrected chi connectivity index (χ3v) is 4.73.